The van der Waals surface area contributed by atoms with Crippen molar-refractivity contribution in [3.8, 4) is 0 Å². The number of rotatable bonds is 4. The van der Waals surface area contributed by atoms with Crippen LogP contribution in [0.3, 0.4) is 0 Å². The van der Waals surface area contributed by atoms with Crippen molar-refractivity contribution in [1.29, 1.82) is 0 Å². The number of pyridine rings is 1. The Hall–Kier alpha value is -1.30. The molecule has 0 aromatic carbocycles. The van der Waals surface area contributed by atoms with E-state index < -0.39 is 0 Å². The lowest BCUT2D eigenvalue weighted by Crippen LogP contribution is -2.35. The highest BCUT2D eigenvalue weighted by Gasteiger charge is 2.31. The lowest BCUT2D eigenvalue weighted by molar-refractivity contribution is 0.411. The molecule has 0 unspecified atom stereocenters. The zero-order chi connectivity index (χ0) is 14.0. The van der Waals surface area contributed by atoms with Crippen molar-refractivity contribution >= 4 is 23.4 Å². The maximum atomic E-state index is 13.1. The first-order valence-corrected chi connectivity index (χ1v) is 8.24. The van der Waals surface area contributed by atoms with Crippen LogP contribution in [0.5, 0.6) is 0 Å². The fraction of sp³-hybridized carbons (Fsp3) is 0.571. The largest absolute Gasteiger partial charge is 0.352 e. The van der Waals surface area contributed by atoms with E-state index >= 15 is 0 Å². The number of nitrogens with one attached hydrogen (secondary N) is 1. The molecule has 3 rings (SSSR count). The van der Waals surface area contributed by atoms with Gasteiger partial charge in [-0.15, -0.1) is 5.10 Å². The zero-order valence-electron chi connectivity index (χ0n) is 11.6. The number of nitrogens with zero attached hydrogens (tertiary/aromatic N) is 3. The van der Waals surface area contributed by atoms with Crippen LogP contribution in [0.4, 0.5) is 10.3 Å². The number of halogens is 1. The zero-order valence-corrected chi connectivity index (χ0v) is 12.4. The van der Waals surface area contributed by atoms with E-state index in [9.17, 15) is 4.39 Å². The molecule has 108 valence electrons. The summed E-state index contributed by atoms with van der Waals surface area (Å²) in [5, 5.41) is 7.60. The summed E-state index contributed by atoms with van der Waals surface area (Å²) in [4.78, 5) is 4.37. The number of anilines is 1. The van der Waals surface area contributed by atoms with Crippen molar-refractivity contribution in [3.63, 3.8) is 0 Å². The molecule has 1 aliphatic rings. The summed E-state index contributed by atoms with van der Waals surface area (Å²) in [5.41, 5.74) is 0.663. The van der Waals surface area contributed by atoms with Crippen molar-refractivity contribution in [1.82, 2.24) is 14.6 Å². The molecule has 0 radical (unpaired) electrons. The second-order valence-electron chi connectivity index (χ2n) is 5.39. The first-order chi connectivity index (χ1) is 9.71. The summed E-state index contributed by atoms with van der Waals surface area (Å²) in [6.45, 7) is 0.869. The highest BCUT2D eigenvalue weighted by molar-refractivity contribution is 8.00. The minimum atomic E-state index is -0.304. The Morgan fingerprint density at radius 3 is 2.90 bits per heavy atom. The van der Waals surface area contributed by atoms with Crippen LogP contribution < -0.4 is 5.32 Å². The Morgan fingerprint density at radius 2 is 2.15 bits per heavy atom. The summed E-state index contributed by atoms with van der Waals surface area (Å²) in [7, 11) is 0. The SMILES string of the molecule is CSC1(CNc2nc3ccc(F)cn3n2)CCCCC1. The van der Waals surface area contributed by atoms with Gasteiger partial charge in [-0.3, -0.25) is 0 Å². The van der Waals surface area contributed by atoms with Gasteiger partial charge in [0, 0.05) is 11.3 Å². The van der Waals surface area contributed by atoms with Gasteiger partial charge in [0.1, 0.15) is 5.82 Å². The number of aromatic nitrogens is 3. The van der Waals surface area contributed by atoms with Gasteiger partial charge in [0.2, 0.25) is 5.95 Å². The van der Waals surface area contributed by atoms with Crippen LogP contribution in [-0.2, 0) is 0 Å². The molecule has 6 heteroatoms. The molecule has 0 saturated heterocycles. The molecule has 1 N–H and O–H groups in total. The smallest absolute Gasteiger partial charge is 0.243 e. The normalized spacial score (nSPS) is 18.3. The van der Waals surface area contributed by atoms with Crippen LogP contribution in [-0.4, -0.2) is 32.1 Å². The summed E-state index contributed by atoms with van der Waals surface area (Å²) in [6, 6.07) is 3.04. The van der Waals surface area contributed by atoms with Crippen LogP contribution in [0.2, 0.25) is 0 Å². The van der Waals surface area contributed by atoms with Crippen molar-refractivity contribution in [2.45, 2.75) is 36.9 Å². The Morgan fingerprint density at radius 1 is 1.35 bits per heavy atom. The predicted molar refractivity (Wildman–Crippen MR) is 80.8 cm³/mol. The Kier molecular flexibility index (Phi) is 3.83. The molecule has 0 amide bonds. The van der Waals surface area contributed by atoms with E-state index in [1.165, 1.54) is 48.9 Å². The quantitative estimate of drug-likeness (QED) is 0.939. The molecule has 0 aliphatic heterocycles. The van der Waals surface area contributed by atoms with Crippen LogP contribution in [0.25, 0.3) is 5.65 Å². The maximum absolute atomic E-state index is 13.1. The molecule has 0 atom stereocenters. The molecule has 20 heavy (non-hydrogen) atoms. The van der Waals surface area contributed by atoms with Crippen LogP contribution >= 0.6 is 11.8 Å². The van der Waals surface area contributed by atoms with Crippen LogP contribution in [0.1, 0.15) is 32.1 Å². The van der Waals surface area contributed by atoms with Gasteiger partial charge in [-0.1, -0.05) is 19.3 Å². The molecule has 2 aromatic heterocycles. The third-order valence-corrected chi connectivity index (χ3v) is 5.48. The molecule has 1 saturated carbocycles. The lowest BCUT2D eigenvalue weighted by Gasteiger charge is -2.35. The van der Waals surface area contributed by atoms with Gasteiger partial charge in [0.15, 0.2) is 5.65 Å². The van der Waals surface area contributed by atoms with Gasteiger partial charge >= 0.3 is 0 Å². The monoisotopic (exact) mass is 294 g/mol. The first kappa shape index (κ1) is 13.7. The summed E-state index contributed by atoms with van der Waals surface area (Å²) >= 11 is 1.94. The molecule has 2 aromatic rings. The molecule has 0 bridgehead atoms. The number of thioether (sulfide) groups is 1. The highest BCUT2D eigenvalue weighted by atomic mass is 32.2. The average molecular weight is 294 g/mol. The molecule has 1 aliphatic carbocycles. The highest BCUT2D eigenvalue weighted by Crippen LogP contribution is 2.38. The minimum Gasteiger partial charge on any atom is -0.352 e. The molecule has 4 nitrogen and oxygen atoms in total. The summed E-state index contributed by atoms with van der Waals surface area (Å²) in [5.74, 6) is 0.274. The second-order valence-corrected chi connectivity index (χ2v) is 6.66. The van der Waals surface area contributed by atoms with Gasteiger partial charge in [-0.2, -0.15) is 16.7 Å². The van der Waals surface area contributed by atoms with Crippen LogP contribution in [0.15, 0.2) is 18.3 Å². The van der Waals surface area contributed by atoms with Crippen molar-refractivity contribution in [3.05, 3.63) is 24.1 Å². The third kappa shape index (κ3) is 2.75. The predicted octanol–water partition coefficient (Wildman–Crippen LogP) is 3.35. The fourth-order valence-corrected chi connectivity index (χ4v) is 3.74. The molecular formula is C14H19FN4S. The first-order valence-electron chi connectivity index (χ1n) is 7.02. The fourth-order valence-electron chi connectivity index (χ4n) is 2.82. The Labute approximate surface area is 122 Å². The third-order valence-electron chi connectivity index (χ3n) is 4.06. The van der Waals surface area contributed by atoms with Crippen molar-refractivity contribution in [2.75, 3.05) is 18.1 Å². The maximum Gasteiger partial charge on any atom is 0.243 e. The van der Waals surface area contributed by atoms with Gasteiger partial charge < -0.3 is 5.32 Å². The van der Waals surface area contributed by atoms with Gasteiger partial charge in [0.05, 0.1) is 6.20 Å². The number of hydrogen-bond acceptors (Lipinski definition) is 4. The Balaban J connectivity index is 1.72. The standard InChI is InChI=1S/C14H19FN4S/c1-20-14(7-3-2-4-8-14)10-16-13-17-12-6-5-11(15)9-19(12)18-13/h5-6,9H,2-4,7-8,10H2,1H3,(H,16,18). The number of hydrogen-bond donors (Lipinski definition) is 1. The number of fused-ring (bicyclic) bond motifs is 1. The summed E-state index contributed by atoms with van der Waals surface area (Å²) < 4.78 is 14.9. The summed E-state index contributed by atoms with van der Waals surface area (Å²) in [6.07, 6.45) is 9.94. The topological polar surface area (TPSA) is 42.2 Å². The average Bonchev–Trinajstić information content (AvgIpc) is 2.88. The van der Waals surface area contributed by atoms with Crippen LogP contribution in [0, 0.1) is 5.82 Å². The van der Waals surface area contributed by atoms with E-state index in [0.29, 0.717) is 16.3 Å². The Bertz CT molecular complexity index is 592. The van der Waals surface area contributed by atoms with E-state index in [1.54, 1.807) is 6.07 Å². The second kappa shape index (κ2) is 5.60. The van der Waals surface area contributed by atoms with Gasteiger partial charge in [-0.05, 0) is 31.2 Å². The van der Waals surface area contributed by atoms with Gasteiger partial charge in [-0.25, -0.2) is 8.91 Å². The van der Waals surface area contributed by atoms with Crippen molar-refractivity contribution < 1.29 is 4.39 Å². The van der Waals surface area contributed by atoms with Crippen molar-refractivity contribution in [2.24, 2.45) is 0 Å². The molecule has 2 heterocycles. The minimum absolute atomic E-state index is 0.293. The molecule has 0 spiro atoms. The van der Waals surface area contributed by atoms with E-state index in [1.807, 2.05) is 11.8 Å². The van der Waals surface area contributed by atoms with E-state index in [4.69, 9.17) is 0 Å². The van der Waals surface area contributed by atoms with E-state index in [-0.39, 0.29) is 5.82 Å². The van der Waals surface area contributed by atoms with E-state index in [2.05, 4.69) is 21.7 Å². The van der Waals surface area contributed by atoms with Gasteiger partial charge in [0.25, 0.3) is 0 Å². The lowest BCUT2D eigenvalue weighted by atomic mass is 9.88. The molecule has 1 fully saturated rings. The molecular weight excluding hydrogens is 275 g/mol. The van der Waals surface area contributed by atoms with E-state index in [0.717, 1.165) is 6.54 Å².